The van der Waals surface area contributed by atoms with Crippen LogP contribution in [0.25, 0.3) is 0 Å². The summed E-state index contributed by atoms with van der Waals surface area (Å²) in [6.45, 7) is 0. The van der Waals surface area contributed by atoms with Crippen molar-refractivity contribution in [2.45, 2.75) is 12.8 Å². The highest BCUT2D eigenvalue weighted by Gasteiger charge is 2.18. The molecule has 17 heavy (non-hydrogen) atoms. The largest absolute Gasteiger partial charge is 0.481 e. The standard InChI is InChI=1S/C11H7F2NO3/c12-11(13)8-2-6(3-10(16)17)1-7(5-15)9(8)4-14/h1-2,5,11H,3H2,(H,16,17). The lowest BCUT2D eigenvalue weighted by Gasteiger charge is -2.07. The first kappa shape index (κ1) is 12.8. The van der Waals surface area contributed by atoms with Crippen molar-refractivity contribution in [1.29, 1.82) is 5.26 Å². The molecule has 4 nitrogen and oxygen atoms in total. The van der Waals surface area contributed by atoms with Gasteiger partial charge in [-0.2, -0.15) is 5.26 Å². The highest BCUT2D eigenvalue weighted by Crippen LogP contribution is 2.26. The lowest BCUT2D eigenvalue weighted by atomic mass is 9.98. The van der Waals surface area contributed by atoms with Crippen molar-refractivity contribution in [2.24, 2.45) is 0 Å². The van der Waals surface area contributed by atoms with E-state index in [0.29, 0.717) is 0 Å². The van der Waals surface area contributed by atoms with E-state index >= 15 is 0 Å². The molecule has 1 N–H and O–H groups in total. The molecule has 0 fully saturated rings. The number of carboxylic acids is 1. The number of rotatable bonds is 4. The van der Waals surface area contributed by atoms with E-state index in [1.54, 1.807) is 0 Å². The highest BCUT2D eigenvalue weighted by molar-refractivity contribution is 5.81. The number of halogens is 2. The van der Waals surface area contributed by atoms with E-state index in [0.717, 1.165) is 12.1 Å². The van der Waals surface area contributed by atoms with E-state index in [1.807, 2.05) is 0 Å². The van der Waals surface area contributed by atoms with Crippen LogP contribution in [-0.4, -0.2) is 17.4 Å². The van der Waals surface area contributed by atoms with Gasteiger partial charge in [0.15, 0.2) is 6.29 Å². The number of nitriles is 1. The van der Waals surface area contributed by atoms with Gasteiger partial charge in [0, 0.05) is 11.1 Å². The molecule has 1 rings (SSSR count). The summed E-state index contributed by atoms with van der Waals surface area (Å²) in [6.07, 6.45) is -3.15. The van der Waals surface area contributed by atoms with Crippen molar-refractivity contribution >= 4 is 12.3 Å². The summed E-state index contributed by atoms with van der Waals surface area (Å²) in [5.41, 5.74) is -1.19. The molecule has 0 atom stereocenters. The van der Waals surface area contributed by atoms with E-state index in [2.05, 4.69) is 0 Å². The van der Waals surface area contributed by atoms with Gasteiger partial charge in [-0.1, -0.05) is 0 Å². The number of benzene rings is 1. The Morgan fingerprint density at radius 2 is 2.18 bits per heavy atom. The Hall–Kier alpha value is -2.29. The van der Waals surface area contributed by atoms with Crippen LogP contribution in [0.2, 0.25) is 0 Å². The maximum Gasteiger partial charge on any atom is 0.307 e. The third-order valence-corrected chi connectivity index (χ3v) is 2.09. The topological polar surface area (TPSA) is 78.2 Å². The van der Waals surface area contributed by atoms with E-state index in [9.17, 15) is 18.4 Å². The summed E-state index contributed by atoms with van der Waals surface area (Å²) in [4.78, 5) is 21.1. The zero-order chi connectivity index (χ0) is 13.0. The zero-order valence-corrected chi connectivity index (χ0v) is 8.48. The molecule has 1 aromatic carbocycles. The molecule has 0 saturated heterocycles. The normalized spacial score (nSPS) is 10.0. The van der Waals surface area contributed by atoms with Gasteiger partial charge in [-0.3, -0.25) is 9.59 Å². The second-order valence-corrected chi connectivity index (χ2v) is 3.25. The van der Waals surface area contributed by atoms with Crippen LogP contribution in [0, 0.1) is 11.3 Å². The van der Waals surface area contributed by atoms with E-state index < -0.39 is 29.9 Å². The molecule has 0 aliphatic carbocycles. The van der Waals surface area contributed by atoms with E-state index in [1.165, 1.54) is 6.07 Å². The molecular weight excluding hydrogens is 232 g/mol. The minimum absolute atomic E-state index is 0.0638. The molecule has 0 spiro atoms. The first-order chi connectivity index (χ1) is 7.99. The Balaban J connectivity index is 3.41. The Morgan fingerprint density at radius 1 is 1.53 bits per heavy atom. The summed E-state index contributed by atoms with van der Waals surface area (Å²) in [7, 11) is 0. The van der Waals surface area contributed by atoms with Crippen LogP contribution in [0.15, 0.2) is 12.1 Å². The van der Waals surface area contributed by atoms with Gasteiger partial charge in [-0.15, -0.1) is 0 Å². The van der Waals surface area contributed by atoms with E-state index in [-0.39, 0.29) is 17.4 Å². The average Bonchev–Trinajstić information content (AvgIpc) is 2.26. The average molecular weight is 239 g/mol. The van der Waals surface area contributed by atoms with Crippen molar-refractivity contribution in [3.8, 4) is 6.07 Å². The molecule has 0 aliphatic rings. The Labute approximate surface area is 95.1 Å². The highest BCUT2D eigenvalue weighted by atomic mass is 19.3. The molecule has 0 heterocycles. The predicted octanol–water partition coefficient (Wildman–Crippen LogP) is 1.94. The molecule has 6 heteroatoms. The monoisotopic (exact) mass is 239 g/mol. The summed E-state index contributed by atoms with van der Waals surface area (Å²) >= 11 is 0. The minimum atomic E-state index is -2.93. The Kier molecular flexibility index (Phi) is 3.88. The quantitative estimate of drug-likeness (QED) is 0.814. The van der Waals surface area contributed by atoms with Crippen LogP contribution in [0.5, 0.6) is 0 Å². The molecule has 88 valence electrons. The molecule has 0 amide bonds. The fourth-order valence-electron chi connectivity index (χ4n) is 1.42. The first-order valence-electron chi connectivity index (χ1n) is 4.51. The van der Waals surface area contributed by atoms with Crippen LogP contribution in [0.4, 0.5) is 8.78 Å². The summed E-state index contributed by atoms with van der Waals surface area (Å²) in [6, 6.07) is 3.58. The van der Waals surface area contributed by atoms with Crippen LogP contribution in [0.1, 0.15) is 33.5 Å². The van der Waals surface area contributed by atoms with Crippen molar-refractivity contribution in [3.63, 3.8) is 0 Å². The van der Waals surface area contributed by atoms with Crippen LogP contribution in [0.3, 0.4) is 0 Å². The van der Waals surface area contributed by atoms with Crippen LogP contribution >= 0.6 is 0 Å². The lowest BCUT2D eigenvalue weighted by molar-refractivity contribution is -0.136. The number of hydrogen-bond donors (Lipinski definition) is 1. The lowest BCUT2D eigenvalue weighted by Crippen LogP contribution is -2.04. The third-order valence-electron chi connectivity index (χ3n) is 2.09. The van der Waals surface area contributed by atoms with Gasteiger partial charge in [0.1, 0.15) is 6.07 Å². The third kappa shape index (κ3) is 2.84. The van der Waals surface area contributed by atoms with Gasteiger partial charge in [0.05, 0.1) is 12.0 Å². The predicted molar refractivity (Wildman–Crippen MR) is 52.8 cm³/mol. The van der Waals surface area contributed by atoms with E-state index in [4.69, 9.17) is 10.4 Å². The summed E-state index contributed by atoms with van der Waals surface area (Å²) < 4.78 is 25.3. The van der Waals surface area contributed by atoms with Crippen molar-refractivity contribution < 1.29 is 23.5 Å². The molecule has 0 unspecified atom stereocenters. The number of carboxylic acid groups (broad SMARTS) is 1. The van der Waals surface area contributed by atoms with Gasteiger partial charge >= 0.3 is 5.97 Å². The molecule has 0 saturated carbocycles. The van der Waals surface area contributed by atoms with Crippen LogP contribution < -0.4 is 0 Å². The SMILES string of the molecule is N#Cc1c(C=O)cc(CC(=O)O)cc1C(F)F. The number of aliphatic carboxylic acids is 1. The molecule has 0 bridgehead atoms. The maximum absolute atomic E-state index is 12.6. The second-order valence-electron chi connectivity index (χ2n) is 3.25. The van der Waals surface area contributed by atoms with Crippen molar-refractivity contribution in [2.75, 3.05) is 0 Å². The Bertz CT molecular complexity index is 506. The fourth-order valence-corrected chi connectivity index (χ4v) is 1.42. The maximum atomic E-state index is 12.6. The zero-order valence-electron chi connectivity index (χ0n) is 8.48. The number of alkyl halides is 2. The van der Waals surface area contributed by atoms with Crippen molar-refractivity contribution in [3.05, 3.63) is 34.4 Å². The summed E-state index contributed by atoms with van der Waals surface area (Å²) in [5, 5.41) is 17.2. The van der Waals surface area contributed by atoms with Crippen molar-refractivity contribution in [1.82, 2.24) is 0 Å². The molecule has 0 aromatic heterocycles. The Morgan fingerprint density at radius 3 is 2.59 bits per heavy atom. The molecule has 0 radical (unpaired) electrons. The number of hydrogen-bond acceptors (Lipinski definition) is 3. The van der Waals surface area contributed by atoms with Gasteiger partial charge < -0.3 is 5.11 Å². The molecular formula is C11H7F2NO3. The minimum Gasteiger partial charge on any atom is -0.481 e. The van der Waals surface area contributed by atoms with Gasteiger partial charge in [-0.05, 0) is 17.7 Å². The smallest absolute Gasteiger partial charge is 0.307 e. The molecule has 0 aliphatic heterocycles. The first-order valence-corrected chi connectivity index (χ1v) is 4.51. The number of carbonyl (C=O) groups is 2. The van der Waals surface area contributed by atoms with Gasteiger partial charge in [0.25, 0.3) is 6.43 Å². The second kappa shape index (κ2) is 5.16. The van der Waals surface area contributed by atoms with Gasteiger partial charge in [0.2, 0.25) is 0 Å². The summed E-state index contributed by atoms with van der Waals surface area (Å²) in [5.74, 6) is -1.20. The van der Waals surface area contributed by atoms with Gasteiger partial charge in [-0.25, -0.2) is 8.78 Å². The van der Waals surface area contributed by atoms with Crippen LogP contribution in [-0.2, 0) is 11.2 Å². The molecule has 1 aromatic rings. The number of aldehydes is 1. The number of carbonyl (C=O) groups excluding carboxylic acids is 1. The fraction of sp³-hybridized carbons (Fsp3) is 0.182. The number of nitrogens with zero attached hydrogens (tertiary/aromatic N) is 1.